The normalized spacial score (nSPS) is 20.2. The van der Waals surface area contributed by atoms with Crippen molar-refractivity contribution < 1.29 is 19.1 Å². The van der Waals surface area contributed by atoms with E-state index >= 15 is 0 Å². The van der Waals surface area contributed by atoms with Crippen LogP contribution in [0, 0.1) is 0 Å². The lowest BCUT2D eigenvalue weighted by atomic mass is 10.0. The van der Waals surface area contributed by atoms with Crippen molar-refractivity contribution in [3.05, 3.63) is 48.0 Å². The van der Waals surface area contributed by atoms with E-state index in [2.05, 4.69) is 12.1 Å². The van der Waals surface area contributed by atoms with E-state index in [-0.39, 0.29) is 6.04 Å². The molecule has 2 aromatic carbocycles. The van der Waals surface area contributed by atoms with Crippen molar-refractivity contribution in [3.63, 3.8) is 0 Å². The van der Waals surface area contributed by atoms with Crippen LogP contribution in [0.2, 0.25) is 0 Å². The Kier molecular flexibility index (Phi) is 4.90. The zero-order chi connectivity index (χ0) is 18.9. The molecule has 1 aliphatic heterocycles. The Labute approximate surface area is 153 Å². The molecule has 1 aliphatic rings. The molecule has 0 bridgehead atoms. The van der Waals surface area contributed by atoms with Crippen LogP contribution in [0.1, 0.15) is 45.2 Å². The fraction of sp³-hybridized carbons (Fsp3) is 0.429. The Bertz CT molecular complexity index is 824. The van der Waals surface area contributed by atoms with Gasteiger partial charge >= 0.3 is 12.1 Å². The molecule has 2 atom stereocenters. The summed E-state index contributed by atoms with van der Waals surface area (Å²) in [6.45, 7) is 5.46. The molecule has 5 nitrogen and oxygen atoms in total. The first kappa shape index (κ1) is 18.2. The lowest BCUT2D eigenvalue weighted by Crippen LogP contribution is -2.44. The molecule has 1 amide bonds. The minimum absolute atomic E-state index is 0.210. The van der Waals surface area contributed by atoms with Gasteiger partial charge < -0.3 is 9.47 Å². The lowest BCUT2D eigenvalue weighted by molar-refractivity contribution is -0.146. The van der Waals surface area contributed by atoms with E-state index in [1.807, 2.05) is 51.1 Å². The number of hydrogen-bond acceptors (Lipinski definition) is 4. The molecule has 0 saturated carbocycles. The highest BCUT2D eigenvalue weighted by atomic mass is 16.6. The van der Waals surface area contributed by atoms with Gasteiger partial charge in [0.25, 0.3) is 0 Å². The molecule has 0 aliphatic carbocycles. The molecule has 0 N–H and O–H groups in total. The monoisotopic (exact) mass is 355 g/mol. The second-order valence-corrected chi connectivity index (χ2v) is 7.63. The smallest absolute Gasteiger partial charge is 0.411 e. The van der Waals surface area contributed by atoms with Crippen molar-refractivity contribution in [2.45, 2.75) is 51.3 Å². The maximum atomic E-state index is 12.8. The Morgan fingerprint density at radius 3 is 2.38 bits per heavy atom. The van der Waals surface area contributed by atoms with E-state index in [0.717, 1.165) is 16.3 Å². The Morgan fingerprint density at radius 1 is 1.04 bits per heavy atom. The minimum Gasteiger partial charge on any atom is -0.467 e. The first-order chi connectivity index (χ1) is 12.3. The van der Waals surface area contributed by atoms with Crippen LogP contribution in [0.3, 0.4) is 0 Å². The number of benzene rings is 2. The van der Waals surface area contributed by atoms with Gasteiger partial charge in [0.2, 0.25) is 0 Å². The van der Waals surface area contributed by atoms with Gasteiger partial charge in [0.15, 0.2) is 0 Å². The van der Waals surface area contributed by atoms with Crippen LogP contribution >= 0.6 is 0 Å². The number of esters is 1. The molecule has 5 heteroatoms. The van der Waals surface area contributed by atoms with E-state index in [1.165, 1.54) is 7.11 Å². The molecule has 1 saturated heterocycles. The summed E-state index contributed by atoms with van der Waals surface area (Å²) in [5.74, 6) is -0.404. The van der Waals surface area contributed by atoms with Crippen LogP contribution in [0.25, 0.3) is 10.8 Å². The molecule has 1 unspecified atom stereocenters. The van der Waals surface area contributed by atoms with Crippen molar-refractivity contribution in [2.24, 2.45) is 0 Å². The summed E-state index contributed by atoms with van der Waals surface area (Å²) in [5, 5.41) is 2.25. The third-order valence-electron chi connectivity index (χ3n) is 4.62. The Hall–Kier alpha value is -2.56. The number of carbonyl (C=O) groups excluding carboxylic acids is 2. The van der Waals surface area contributed by atoms with Gasteiger partial charge in [0.1, 0.15) is 11.6 Å². The topological polar surface area (TPSA) is 55.8 Å². The SMILES string of the molecule is COC(=O)[C@@H]1CCC(c2ccc3ccccc3c2)N1C(=O)OC(C)(C)C. The van der Waals surface area contributed by atoms with Crippen molar-refractivity contribution >= 4 is 22.8 Å². The van der Waals surface area contributed by atoms with Gasteiger partial charge in [-0.3, -0.25) is 4.90 Å². The average molecular weight is 355 g/mol. The van der Waals surface area contributed by atoms with E-state index in [0.29, 0.717) is 12.8 Å². The molecule has 0 radical (unpaired) electrons. The fourth-order valence-corrected chi connectivity index (χ4v) is 3.49. The molecule has 1 fully saturated rings. The van der Waals surface area contributed by atoms with E-state index in [9.17, 15) is 9.59 Å². The van der Waals surface area contributed by atoms with Crippen LogP contribution in [0.4, 0.5) is 4.79 Å². The quantitative estimate of drug-likeness (QED) is 0.747. The van der Waals surface area contributed by atoms with Gasteiger partial charge in [-0.2, -0.15) is 0 Å². The third kappa shape index (κ3) is 3.66. The van der Waals surface area contributed by atoms with Crippen LogP contribution in [0.5, 0.6) is 0 Å². The largest absolute Gasteiger partial charge is 0.467 e. The van der Waals surface area contributed by atoms with Gasteiger partial charge in [-0.25, -0.2) is 9.59 Å². The number of methoxy groups -OCH3 is 1. The number of fused-ring (bicyclic) bond motifs is 1. The first-order valence-electron chi connectivity index (χ1n) is 8.88. The predicted octanol–water partition coefficient (Wildman–Crippen LogP) is 4.45. The highest BCUT2D eigenvalue weighted by Gasteiger charge is 2.44. The number of rotatable bonds is 2. The van der Waals surface area contributed by atoms with E-state index in [4.69, 9.17) is 9.47 Å². The van der Waals surface area contributed by atoms with Gasteiger partial charge in [0, 0.05) is 0 Å². The maximum Gasteiger partial charge on any atom is 0.411 e. The zero-order valence-corrected chi connectivity index (χ0v) is 15.7. The second kappa shape index (κ2) is 6.98. The van der Waals surface area contributed by atoms with Crippen LogP contribution in [-0.2, 0) is 14.3 Å². The van der Waals surface area contributed by atoms with Crippen molar-refractivity contribution in [2.75, 3.05) is 7.11 Å². The molecule has 3 rings (SSSR count). The highest BCUT2D eigenvalue weighted by Crippen LogP contribution is 2.38. The summed E-state index contributed by atoms with van der Waals surface area (Å²) in [6, 6.07) is 13.4. The number of hydrogen-bond donors (Lipinski definition) is 0. The van der Waals surface area contributed by atoms with E-state index < -0.39 is 23.7 Å². The second-order valence-electron chi connectivity index (χ2n) is 7.63. The Balaban J connectivity index is 1.97. The lowest BCUT2D eigenvalue weighted by Gasteiger charge is -2.31. The van der Waals surface area contributed by atoms with Crippen LogP contribution in [-0.4, -0.2) is 35.7 Å². The molecule has 26 heavy (non-hydrogen) atoms. The summed E-state index contributed by atoms with van der Waals surface area (Å²) in [5.41, 5.74) is 0.370. The summed E-state index contributed by atoms with van der Waals surface area (Å²) in [7, 11) is 1.35. The summed E-state index contributed by atoms with van der Waals surface area (Å²) < 4.78 is 10.5. The first-order valence-corrected chi connectivity index (χ1v) is 8.88. The number of amides is 1. The van der Waals surface area contributed by atoms with Gasteiger partial charge in [-0.05, 0) is 56.0 Å². The average Bonchev–Trinajstić information content (AvgIpc) is 3.04. The standard InChI is InChI=1S/C21H25NO4/c1-21(2,3)26-20(24)22-17(11-12-18(22)19(23)25-4)16-10-9-14-7-5-6-8-15(14)13-16/h5-10,13,17-18H,11-12H2,1-4H3/t17?,18-/m0/s1. The summed E-state index contributed by atoms with van der Waals surface area (Å²) in [4.78, 5) is 26.6. The molecule has 138 valence electrons. The predicted molar refractivity (Wildman–Crippen MR) is 99.8 cm³/mol. The minimum atomic E-state index is -0.631. The van der Waals surface area contributed by atoms with Gasteiger partial charge in [-0.15, -0.1) is 0 Å². The number of ether oxygens (including phenoxy) is 2. The molecular formula is C21H25NO4. The number of likely N-dealkylation sites (tertiary alicyclic amines) is 1. The molecule has 0 aromatic heterocycles. The zero-order valence-electron chi connectivity index (χ0n) is 15.7. The van der Waals surface area contributed by atoms with E-state index in [1.54, 1.807) is 4.90 Å². The number of carbonyl (C=O) groups is 2. The summed E-state index contributed by atoms with van der Waals surface area (Å²) in [6.07, 6.45) is 0.768. The molecular weight excluding hydrogens is 330 g/mol. The molecule has 2 aromatic rings. The summed E-state index contributed by atoms with van der Waals surface area (Å²) >= 11 is 0. The van der Waals surface area contributed by atoms with Crippen molar-refractivity contribution in [1.82, 2.24) is 4.90 Å². The van der Waals surface area contributed by atoms with Gasteiger partial charge in [-0.1, -0.05) is 36.4 Å². The number of nitrogens with zero attached hydrogens (tertiary/aromatic N) is 1. The van der Waals surface area contributed by atoms with Crippen LogP contribution in [0.15, 0.2) is 42.5 Å². The fourth-order valence-electron chi connectivity index (χ4n) is 3.49. The Morgan fingerprint density at radius 2 is 1.73 bits per heavy atom. The molecule has 1 heterocycles. The molecule has 0 spiro atoms. The van der Waals surface area contributed by atoms with Gasteiger partial charge in [0.05, 0.1) is 13.2 Å². The van der Waals surface area contributed by atoms with Crippen molar-refractivity contribution in [3.8, 4) is 0 Å². The maximum absolute atomic E-state index is 12.8. The van der Waals surface area contributed by atoms with Crippen molar-refractivity contribution in [1.29, 1.82) is 0 Å². The highest BCUT2D eigenvalue weighted by molar-refractivity contribution is 5.85. The third-order valence-corrected chi connectivity index (χ3v) is 4.62. The van der Waals surface area contributed by atoms with Crippen LogP contribution < -0.4 is 0 Å².